The first-order valence-corrected chi connectivity index (χ1v) is 10.1. The molecule has 0 fully saturated rings. The first-order chi connectivity index (χ1) is 15.2. The molecule has 152 valence electrons. The number of rotatable bonds is 3. The Morgan fingerprint density at radius 2 is 1.77 bits per heavy atom. The number of carbonyl (C=O) groups excluding carboxylic acids is 1. The molecule has 4 aromatic rings. The van der Waals surface area contributed by atoms with Gasteiger partial charge in [0.15, 0.2) is 11.5 Å². The molecule has 0 saturated carbocycles. The number of alkyl carbamates (subject to hydrolysis) is 1. The molecule has 1 heterocycles. The van der Waals surface area contributed by atoms with E-state index in [0.717, 1.165) is 16.7 Å². The van der Waals surface area contributed by atoms with Crippen LogP contribution in [0.5, 0.6) is 0 Å². The zero-order valence-electron chi connectivity index (χ0n) is 17.0. The molecular formula is C26H20N2O3. The summed E-state index contributed by atoms with van der Waals surface area (Å²) in [5, 5.41) is 2.70. The van der Waals surface area contributed by atoms with Crippen molar-refractivity contribution in [3.8, 4) is 23.0 Å². The van der Waals surface area contributed by atoms with Gasteiger partial charge in [-0.05, 0) is 40.5 Å². The van der Waals surface area contributed by atoms with Crippen molar-refractivity contribution in [1.29, 1.82) is 0 Å². The summed E-state index contributed by atoms with van der Waals surface area (Å²) in [6.45, 7) is 2.30. The first kappa shape index (κ1) is 19.0. The molecule has 0 radical (unpaired) electrons. The number of oxazole rings is 1. The van der Waals surface area contributed by atoms with Gasteiger partial charge >= 0.3 is 6.09 Å². The highest BCUT2D eigenvalue weighted by Crippen LogP contribution is 2.44. The lowest BCUT2D eigenvalue weighted by atomic mass is 9.98. The van der Waals surface area contributed by atoms with Crippen LogP contribution in [0.15, 0.2) is 71.1 Å². The van der Waals surface area contributed by atoms with Gasteiger partial charge in [0.2, 0.25) is 0 Å². The number of benzene rings is 3. The third kappa shape index (κ3) is 3.76. The van der Waals surface area contributed by atoms with Gasteiger partial charge in [0.1, 0.15) is 12.1 Å². The second kappa shape index (κ2) is 8.00. The molecule has 1 aromatic heterocycles. The summed E-state index contributed by atoms with van der Waals surface area (Å²) in [6, 6.07) is 22.1. The molecule has 1 aliphatic carbocycles. The summed E-state index contributed by atoms with van der Waals surface area (Å²) in [4.78, 5) is 16.5. The molecule has 3 aromatic carbocycles. The summed E-state index contributed by atoms with van der Waals surface area (Å²) in [5.41, 5.74) is 7.11. The van der Waals surface area contributed by atoms with E-state index >= 15 is 0 Å². The maximum atomic E-state index is 12.2. The van der Waals surface area contributed by atoms with Crippen LogP contribution in [0.25, 0.3) is 22.2 Å². The lowest BCUT2D eigenvalue weighted by Gasteiger charge is -2.14. The summed E-state index contributed by atoms with van der Waals surface area (Å²) >= 11 is 0. The van der Waals surface area contributed by atoms with Crippen molar-refractivity contribution in [2.24, 2.45) is 0 Å². The van der Waals surface area contributed by atoms with Gasteiger partial charge in [0.25, 0.3) is 0 Å². The van der Waals surface area contributed by atoms with Gasteiger partial charge in [-0.15, -0.1) is 0 Å². The van der Waals surface area contributed by atoms with Crippen LogP contribution in [0.1, 0.15) is 28.5 Å². The van der Waals surface area contributed by atoms with E-state index in [-0.39, 0.29) is 19.1 Å². The molecule has 1 amide bonds. The van der Waals surface area contributed by atoms with Crippen LogP contribution >= 0.6 is 0 Å². The van der Waals surface area contributed by atoms with Gasteiger partial charge in [-0.1, -0.05) is 60.4 Å². The Bertz CT molecular complexity index is 1300. The Morgan fingerprint density at radius 1 is 1.06 bits per heavy atom. The predicted octanol–water partition coefficient (Wildman–Crippen LogP) is 5.03. The smallest absolute Gasteiger partial charge is 0.407 e. The molecule has 5 rings (SSSR count). The summed E-state index contributed by atoms with van der Waals surface area (Å²) in [5.74, 6) is 6.63. The highest BCUT2D eigenvalue weighted by atomic mass is 16.5. The molecule has 1 N–H and O–H groups in total. The minimum Gasteiger partial charge on any atom is -0.449 e. The van der Waals surface area contributed by atoms with E-state index in [0.29, 0.717) is 5.89 Å². The molecule has 31 heavy (non-hydrogen) atoms. The van der Waals surface area contributed by atoms with Crippen LogP contribution in [0.2, 0.25) is 0 Å². The third-order valence-electron chi connectivity index (χ3n) is 5.39. The minimum atomic E-state index is -0.473. The topological polar surface area (TPSA) is 64.4 Å². The van der Waals surface area contributed by atoms with Crippen molar-refractivity contribution in [1.82, 2.24) is 10.3 Å². The maximum absolute atomic E-state index is 12.2. The fourth-order valence-electron chi connectivity index (χ4n) is 4.03. The second-order valence-corrected chi connectivity index (χ2v) is 7.40. The van der Waals surface area contributed by atoms with Gasteiger partial charge in [0, 0.05) is 18.4 Å². The molecule has 1 aliphatic rings. The molecule has 5 nitrogen and oxygen atoms in total. The Kier molecular flexibility index (Phi) is 4.89. The minimum absolute atomic E-state index is 0.0434. The summed E-state index contributed by atoms with van der Waals surface area (Å²) in [7, 11) is 0. The zero-order valence-corrected chi connectivity index (χ0v) is 17.0. The SMILES string of the molecule is Cc1nc2cc(C#CCNC(=O)OCC3c4ccccc4-c4ccccc43)ccc2o1. The highest BCUT2D eigenvalue weighted by Gasteiger charge is 2.28. The Morgan fingerprint density at radius 3 is 2.52 bits per heavy atom. The van der Waals surface area contributed by atoms with E-state index in [4.69, 9.17) is 9.15 Å². The average molecular weight is 408 g/mol. The van der Waals surface area contributed by atoms with Gasteiger partial charge in [0.05, 0.1) is 6.54 Å². The fraction of sp³-hybridized carbons (Fsp3) is 0.154. The van der Waals surface area contributed by atoms with Crippen molar-refractivity contribution in [2.75, 3.05) is 13.2 Å². The molecule has 0 bridgehead atoms. The van der Waals surface area contributed by atoms with Crippen molar-refractivity contribution in [3.05, 3.63) is 89.3 Å². The monoisotopic (exact) mass is 408 g/mol. The van der Waals surface area contributed by atoms with Crippen LogP contribution < -0.4 is 5.32 Å². The van der Waals surface area contributed by atoms with Crippen molar-refractivity contribution in [2.45, 2.75) is 12.8 Å². The normalized spacial score (nSPS) is 12.0. The molecule has 0 atom stereocenters. The average Bonchev–Trinajstić information content (AvgIpc) is 3.32. The maximum Gasteiger partial charge on any atom is 0.407 e. The van der Waals surface area contributed by atoms with E-state index in [1.807, 2.05) is 49.4 Å². The van der Waals surface area contributed by atoms with Crippen molar-refractivity contribution in [3.63, 3.8) is 0 Å². The predicted molar refractivity (Wildman–Crippen MR) is 119 cm³/mol. The zero-order chi connectivity index (χ0) is 21.2. The lowest BCUT2D eigenvalue weighted by Crippen LogP contribution is -2.26. The Labute approximate surface area is 180 Å². The number of hydrogen-bond donors (Lipinski definition) is 1. The van der Waals surface area contributed by atoms with E-state index < -0.39 is 6.09 Å². The molecule has 5 heteroatoms. The Hall–Kier alpha value is -4.04. The molecule has 0 unspecified atom stereocenters. The molecule has 0 spiro atoms. The number of hydrogen-bond acceptors (Lipinski definition) is 4. The van der Waals surface area contributed by atoms with Crippen molar-refractivity contribution < 1.29 is 13.9 Å². The number of ether oxygens (including phenoxy) is 1. The number of nitrogens with zero attached hydrogens (tertiary/aromatic N) is 1. The molecule has 0 aliphatic heterocycles. The fourth-order valence-corrected chi connectivity index (χ4v) is 4.03. The van der Waals surface area contributed by atoms with E-state index in [9.17, 15) is 4.79 Å². The van der Waals surface area contributed by atoms with E-state index in [1.165, 1.54) is 22.3 Å². The number of aryl methyl sites for hydroxylation is 1. The van der Waals surface area contributed by atoms with Crippen LogP contribution in [-0.2, 0) is 4.74 Å². The van der Waals surface area contributed by atoms with Gasteiger partial charge in [-0.25, -0.2) is 9.78 Å². The number of carbonyl (C=O) groups is 1. The largest absolute Gasteiger partial charge is 0.449 e. The van der Waals surface area contributed by atoms with Crippen molar-refractivity contribution >= 4 is 17.2 Å². The van der Waals surface area contributed by atoms with Gasteiger partial charge in [-0.3, -0.25) is 0 Å². The van der Waals surface area contributed by atoms with Crippen LogP contribution in [0.4, 0.5) is 4.79 Å². The number of fused-ring (bicyclic) bond motifs is 4. The standard InChI is InChI=1S/C26H20N2O3/c1-17-28-24-15-18(12-13-25(24)31-17)7-6-14-27-26(29)30-16-23-21-10-4-2-8-19(21)20-9-3-5-11-22(20)23/h2-5,8-13,15,23H,14,16H2,1H3,(H,27,29). The summed E-state index contributed by atoms with van der Waals surface area (Å²) in [6.07, 6.45) is -0.473. The van der Waals surface area contributed by atoms with Gasteiger partial charge in [-0.2, -0.15) is 0 Å². The van der Waals surface area contributed by atoms with Crippen LogP contribution in [-0.4, -0.2) is 24.2 Å². The van der Waals surface area contributed by atoms with Crippen LogP contribution in [0.3, 0.4) is 0 Å². The Balaban J connectivity index is 1.19. The second-order valence-electron chi connectivity index (χ2n) is 7.40. The van der Waals surface area contributed by atoms with E-state index in [1.54, 1.807) is 0 Å². The van der Waals surface area contributed by atoms with Crippen LogP contribution in [0, 0.1) is 18.8 Å². The quantitative estimate of drug-likeness (QED) is 0.483. The lowest BCUT2D eigenvalue weighted by molar-refractivity contribution is 0.144. The number of nitrogens with one attached hydrogen (secondary N) is 1. The highest BCUT2D eigenvalue weighted by molar-refractivity contribution is 5.79. The first-order valence-electron chi connectivity index (χ1n) is 10.1. The molecule has 0 saturated heterocycles. The third-order valence-corrected chi connectivity index (χ3v) is 5.39. The summed E-state index contributed by atoms with van der Waals surface area (Å²) < 4.78 is 11.0. The van der Waals surface area contributed by atoms with Gasteiger partial charge < -0.3 is 14.5 Å². The van der Waals surface area contributed by atoms with E-state index in [2.05, 4.69) is 46.4 Å². The number of aromatic nitrogens is 1. The number of amides is 1. The molecular weight excluding hydrogens is 388 g/mol.